The molecule has 5 heteroatoms. The minimum absolute atomic E-state index is 0.263. The quantitative estimate of drug-likeness (QED) is 0.894. The van der Waals surface area contributed by atoms with Crippen LogP contribution in [0.5, 0.6) is 0 Å². The van der Waals surface area contributed by atoms with E-state index in [1.807, 2.05) is 0 Å². The summed E-state index contributed by atoms with van der Waals surface area (Å²) >= 11 is 5.82. The predicted octanol–water partition coefficient (Wildman–Crippen LogP) is 2.74. The number of aromatic nitrogens is 2. The van der Waals surface area contributed by atoms with E-state index in [9.17, 15) is 4.39 Å². The molecule has 0 fully saturated rings. The van der Waals surface area contributed by atoms with Crippen LogP contribution in [0.1, 0.15) is 11.5 Å². The van der Waals surface area contributed by atoms with Gasteiger partial charge in [-0.25, -0.2) is 14.4 Å². The monoisotopic (exact) mass is 252 g/mol. The molecule has 0 aliphatic rings. The molecule has 1 aromatic carbocycles. The molecule has 0 atom stereocenters. The van der Waals surface area contributed by atoms with Crippen LogP contribution < -0.4 is 0 Å². The van der Waals surface area contributed by atoms with Crippen LogP contribution >= 0.6 is 11.6 Å². The van der Waals surface area contributed by atoms with E-state index in [0.717, 1.165) is 0 Å². The minimum Gasteiger partial charge on any atom is -0.388 e. The highest BCUT2D eigenvalue weighted by Gasteiger charge is 2.09. The van der Waals surface area contributed by atoms with Gasteiger partial charge in [-0.05, 0) is 31.2 Å². The van der Waals surface area contributed by atoms with Crippen molar-refractivity contribution in [2.45, 2.75) is 13.5 Å². The van der Waals surface area contributed by atoms with E-state index in [1.54, 1.807) is 13.0 Å². The molecule has 88 valence electrons. The molecule has 0 spiro atoms. The van der Waals surface area contributed by atoms with Crippen LogP contribution in [0.4, 0.5) is 4.39 Å². The Balaban J connectivity index is 2.59. The van der Waals surface area contributed by atoms with Gasteiger partial charge in [0.2, 0.25) is 0 Å². The predicted molar refractivity (Wildman–Crippen MR) is 63.1 cm³/mol. The second kappa shape index (κ2) is 4.77. The van der Waals surface area contributed by atoms with Crippen molar-refractivity contribution in [2.75, 3.05) is 0 Å². The van der Waals surface area contributed by atoms with Crippen LogP contribution in [0.15, 0.2) is 24.3 Å². The lowest BCUT2D eigenvalue weighted by Crippen LogP contribution is -1.99. The fourth-order valence-corrected chi connectivity index (χ4v) is 1.70. The van der Waals surface area contributed by atoms with Crippen molar-refractivity contribution in [3.05, 3.63) is 46.6 Å². The van der Waals surface area contributed by atoms with E-state index >= 15 is 0 Å². The summed E-state index contributed by atoms with van der Waals surface area (Å²) in [6.07, 6.45) is 0. The van der Waals surface area contributed by atoms with Crippen molar-refractivity contribution in [1.29, 1.82) is 0 Å². The summed E-state index contributed by atoms with van der Waals surface area (Å²) in [6, 6.07) is 5.91. The van der Waals surface area contributed by atoms with Crippen molar-refractivity contribution in [3.63, 3.8) is 0 Å². The lowest BCUT2D eigenvalue weighted by molar-refractivity contribution is 0.271. The summed E-state index contributed by atoms with van der Waals surface area (Å²) in [4.78, 5) is 8.08. The van der Waals surface area contributed by atoms with Crippen LogP contribution in [-0.2, 0) is 6.61 Å². The second-order valence-corrected chi connectivity index (χ2v) is 4.03. The van der Waals surface area contributed by atoms with E-state index < -0.39 is 5.82 Å². The maximum Gasteiger partial charge on any atom is 0.154 e. The van der Waals surface area contributed by atoms with Crippen molar-refractivity contribution < 1.29 is 9.50 Å². The van der Waals surface area contributed by atoms with Gasteiger partial charge in [0, 0.05) is 16.3 Å². The summed E-state index contributed by atoms with van der Waals surface area (Å²) in [5, 5.41) is 9.45. The van der Waals surface area contributed by atoms with E-state index in [0.29, 0.717) is 22.0 Å². The fourth-order valence-electron chi connectivity index (χ4n) is 1.53. The summed E-state index contributed by atoms with van der Waals surface area (Å²) in [7, 11) is 0. The number of halogens is 2. The van der Waals surface area contributed by atoms with E-state index in [1.165, 1.54) is 18.2 Å². The molecule has 0 bridgehead atoms. The van der Waals surface area contributed by atoms with Crippen LogP contribution in [0.25, 0.3) is 11.3 Å². The highest BCUT2D eigenvalue weighted by Crippen LogP contribution is 2.24. The molecule has 0 aliphatic heterocycles. The first-order valence-corrected chi connectivity index (χ1v) is 5.39. The molecular weight excluding hydrogens is 243 g/mol. The molecule has 0 aliphatic carbocycles. The number of rotatable bonds is 2. The van der Waals surface area contributed by atoms with E-state index in [4.69, 9.17) is 16.7 Å². The fraction of sp³-hybridized carbons (Fsp3) is 0.167. The number of hydrogen-bond donors (Lipinski definition) is 1. The first-order chi connectivity index (χ1) is 8.10. The first-order valence-electron chi connectivity index (χ1n) is 5.01. The maximum atomic E-state index is 13.6. The van der Waals surface area contributed by atoms with Crippen molar-refractivity contribution >= 4 is 11.6 Å². The van der Waals surface area contributed by atoms with E-state index in [2.05, 4.69) is 9.97 Å². The molecule has 0 unspecified atom stereocenters. The largest absolute Gasteiger partial charge is 0.388 e. The molecular formula is C12H10ClFN2O. The Morgan fingerprint density at radius 3 is 2.76 bits per heavy atom. The Bertz CT molecular complexity index is 560. The highest BCUT2D eigenvalue weighted by atomic mass is 35.5. The van der Waals surface area contributed by atoms with Crippen LogP contribution in [0, 0.1) is 12.7 Å². The number of benzene rings is 1. The van der Waals surface area contributed by atoms with Crippen molar-refractivity contribution in [2.24, 2.45) is 0 Å². The lowest BCUT2D eigenvalue weighted by Gasteiger charge is -2.06. The second-order valence-electron chi connectivity index (χ2n) is 3.59. The zero-order valence-corrected chi connectivity index (χ0v) is 9.87. The summed E-state index contributed by atoms with van der Waals surface area (Å²) in [5.74, 6) is -0.143. The van der Waals surface area contributed by atoms with Gasteiger partial charge in [-0.1, -0.05) is 11.6 Å². The van der Waals surface area contributed by atoms with Gasteiger partial charge in [0.25, 0.3) is 0 Å². The van der Waals surface area contributed by atoms with E-state index in [-0.39, 0.29) is 12.4 Å². The standard InChI is InChI=1S/C12H10ClFN2O/c1-7-4-11(16-12(6-17)15-7)9-5-8(13)2-3-10(9)14/h2-5,17H,6H2,1H3. The Hall–Kier alpha value is -1.52. The molecule has 1 heterocycles. The summed E-state index contributed by atoms with van der Waals surface area (Å²) in [5.41, 5.74) is 1.39. The average Bonchev–Trinajstić information content (AvgIpc) is 2.31. The van der Waals surface area contributed by atoms with Gasteiger partial charge in [0.15, 0.2) is 5.82 Å². The zero-order chi connectivity index (χ0) is 12.4. The van der Waals surface area contributed by atoms with Gasteiger partial charge < -0.3 is 5.11 Å². The Kier molecular flexibility index (Phi) is 3.36. The lowest BCUT2D eigenvalue weighted by atomic mass is 10.1. The van der Waals surface area contributed by atoms with Crippen molar-refractivity contribution in [1.82, 2.24) is 9.97 Å². The van der Waals surface area contributed by atoms with Crippen LogP contribution in [0.2, 0.25) is 5.02 Å². The molecule has 17 heavy (non-hydrogen) atoms. The zero-order valence-electron chi connectivity index (χ0n) is 9.11. The van der Waals surface area contributed by atoms with Crippen molar-refractivity contribution in [3.8, 4) is 11.3 Å². The SMILES string of the molecule is Cc1cc(-c2cc(Cl)ccc2F)nc(CO)n1. The number of hydrogen-bond acceptors (Lipinski definition) is 3. The summed E-state index contributed by atoms with van der Waals surface area (Å²) < 4.78 is 13.6. The van der Waals surface area contributed by atoms with Gasteiger partial charge in [0.1, 0.15) is 12.4 Å². The van der Waals surface area contributed by atoms with Gasteiger partial charge in [0.05, 0.1) is 5.69 Å². The third-order valence-corrected chi connectivity index (χ3v) is 2.48. The van der Waals surface area contributed by atoms with Crippen LogP contribution in [-0.4, -0.2) is 15.1 Å². The number of aliphatic hydroxyl groups excluding tert-OH is 1. The normalized spacial score (nSPS) is 10.6. The van der Waals surface area contributed by atoms with Gasteiger partial charge in [-0.15, -0.1) is 0 Å². The molecule has 3 nitrogen and oxygen atoms in total. The summed E-state index contributed by atoms with van der Waals surface area (Å²) in [6.45, 7) is 1.48. The third-order valence-electron chi connectivity index (χ3n) is 2.25. The maximum absolute atomic E-state index is 13.6. The topological polar surface area (TPSA) is 46.0 Å². The Morgan fingerprint density at radius 1 is 1.29 bits per heavy atom. The smallest absolute Gasteiger partial charge is 0.154 e. The first kappa shape index (κ1) is 12.0. The van der Waals surface area contributed by atoms with Gasteiger partial charge in [-0.2, -0.15) is 0 Å². The molecule has 0 radical (unpaired) electrons. The van der Waals surface area contributed by atoms with Crippen LogP contribution in [0.3, 0.4) is 0 Å². The Morgan fingerprint density at radius 2 is 2.06 bits per heavy atom. The van der Waals surface area contributed by atoms with Gasteiger partial charge >= 0.3 is 0 Å². The minimum atomic E-state index is -0.406. The van der Waals surface area contributed by atoms with Gasteiger partial charge in [-0.3, -0.25) is 0 Å². The third kappa shape index (κ3) is 2.60. The molecule has 2 rings (SSSR count). The number of aryl methyl sites for hydroxylation is 1. The average molecular weight is 253 g/mol. The molecule has 1 aromatic heterocycles. The molecule has 2 aromatic rings. The molecule has 0 saturated heterocycles. The number of aliphatic hydroxyl groups is 1. The number of nitrogens with zero attached hydrogens (tertiary/aromatic N) is 2. The highest BCUT2D eigenvalue weighted by molar-refractivity contribution is 6.30. The Labute approximate surface area is 103 Å². The molecule has 1 N–H and O–H groups in total. The molecule has 0 amide bonds. The molecule has 0 saturated carbocycles.